The number of hydrogen-bond donors (Lipinski definition) is 2. The number of ether oxygens (including phenoxy) is 2. The number of nitrogens with one attached hydrogen (secondary N) is 2. The second-order valence-electron chi connectivity index (χ2n) is 5.90. The van der Waals surface area contributed by atoms with Gasteiger partial charge in [0.05, 0.1) is 0 Å². The van der Waals surface area contributed by atoms with Crippen molar-refractivity contribution in [2.45, 2.75) is 25.9 Å². The molecule has 0 spiro atoms. The van der Waals surface area contributed by atoms with Crippen molar-refractivity contribution in [3.8, 4) is 11.5 Å². The molecule has 27 heavy (non-hydrogen) atoms. The zero-order valence-electron chi connectivity index (χ0n) is 14.0. The average molecular weight is 466 g/mol. The van der Waals surface area contributed by atoms with Gasteiger partial charge in [-0.25, -0.2) is 4.79 Å². The van der Waals surface area contributed by atoms with E-state index in [1.165, 1.54) is 18.2 Å². The highest BCUT2D eigenvalue weighted by Gasteiger charge is 2.65. The molecule has 1 atom stereocenters. The first kappa shape index (κ1) is 19.6. The highest BCUT2D eigenvalue weighted by Crippen LogP contribution is 2.46. The third kappa shape index (κ3) is 3.79. The second kappa shape index (κ2) is 6.79. The second-order valence-corrected chi connectivity index (χ2v) is 7.26. The fourth-order valence-corrected chi connectivity index (χ4v) is 3.47. The Hall–Kier alpha value is -2.13. The number of alkyl halides is 3. The number of halogens is 5. The molecule has 3 rings (SSSR count). The summed E-state index contributed by atoms with van der Waals surface area (Å²) in [5.41, 5.74) is 1.72. The topological polar surface area (TPSA) is 59.6 Å². The summed E-state index contributed by atoms with van der Waals surface area (Å²) in [6.07, 6.45) is -5.06. The van der Waals surface area contributed by atoms with Gasteiger partial charge in [-0.15, -0.1) is 0 Å². The largest absolute Gasteiger partial charge is 0.492 e. The van der Waals surface area contributed by atoms with Gasteiger partial charge in [0.25, 0.3) is 0 Å². The molecular weight excluding hydrogens is 453 g/mol. The molecule has 0 radical (unpaired) electrons. The van der Waals surface area contributed by atoms with Crippen LogP contribution in [0, 0.1) is 13.8 Å². The zero-order chi connectivity index (χ0) is 20.0. The number of amides is 2. The molecule has 0 saturated carbocycles. The molecular formula is C17H13BrClF3N2O3. The number of hydrogen-bond acceptors (Lipinski definition) is 3. The Morgan fingerprint density at radius 1 is 1.11 bits per heavy atom. The molecule has 1 heterocycles. The molecule has 1 aliphatic rings. The third-order valence-corrected chi connectivity index (χ3v) is 4.49. The summed E-state index contributed by atoms with van der Waals surface area (Å²) >= 11 is 9.08. The number of fused-ring (bicyclic) bond motifs is 1. The van der Waals surface area contributed by atoms with E-state index in [-0.39, 0.29) is 16.5 Å². The smallest absolute Gasteiger partial charge is 0.424 e. The Labute approximate surface area is 165 Å². The van der Waals surface area contributed by atoms with E-state index in [0.29, 0.717) is 16.8 Å². The van der Waals surface area contributed by atoms with Crippen LogP contribution in [0.15, 0.2) is 34.8 Å². The van der Waals surface area contributed by atoms with Crippen LogP contribution in [0.2, 0.25) is 5.02 Å². The summed E-state index contributed by atoms with van der Waals surface area (Å²) < 4.78 is 51.6. The molecule has 2 amide bonds. The summed E-state index contributed by atoms with van der Waals surface area (Å²) in [5.74, 6) is -3.77. The maximum atomic E-state index is 13.7. The number of carbonyl (C=O) groups excluding carboxylic acids is 1. The maximum absolute atomic E-state index is 13.7. The predicted octanol–water partition coefficient (Wildman–Crippen LogP) is 5.53. The van der Waals surface area contributed by atoms with Crippen LogP contribution in [-0.4, -0.2) is 18.1 Å². The van der Waals surface area contributed by atoms with E-state index in [1.54, 1.807) is 31.3 Å². The molecule has 10 heteroatoms. The van der Waals surface area contributed by atoms with Gasteiger partial charge in [-0.1, -0.05) is 27.5 Å². The normalized spacial score (nSPS) is 18.3. The van der Waals surface area contributed by atoms with Crippen molar-refractivity contribution >= 4 is 39.2 Å². The predicted molar refractivity (Wildman–Crippen MR) is 97.3 cm³/mol. The van der Waals surface area contributed by atoms with Crippen LogP contribution < -0.4 is 20.1 Å². The average Bonchev–Trinajstić information content (AvgIpc) is 2.89. The summed E-state index contributed by atoms with van der Waals surface area (Å²) in [4.78, 5) is 12.3. The monoisotopic (exact) mass is 464 g/mol. The Kier molecular flexibility index (Phi) is 4.94. The summed E-state index contributed by atoms with van der Waals surface area (Å²) in [6.45, 7) is 3.43. The molecule has 2 aromatic rings. The molecule has 144 valence electrons. The van der Waals surface area contributed by atoms with Gasteiger partial charge in [-0.2, -0.15) is 13.2 Å². The van der Waals surface area contributed by atoms with Gasteiger partial charge in [0.1, 0.15) is 0 Å². The Morgan fingerprint density at radius 3 is 2.30 bits per heavy atom. The maximum Gasteiger partial charge on any atom is 0.492 e. The van der Waals surface area contributed by atoms with E-state index in [4.69, 9.17) is 21.1 Å². The minimum Gasteiger partial charge on any atom is -0.424 e. The molecule has 2 aromatic carbocycles. The van der Waals surface area contributed by atoms with Crippen LogP contribution in [0.25, 0.3) is 0 Å². The van der Waals surface area contributed by atoms with E-state index in [9.17, 15) is 18.0 Å². The summed E-state index contributed by atoms with van der Waals surface area (Å²) in [5, 5.41) is 4.32. The van der Waals surface area contributed by atoms with Crippen molar-refractivity contribution in [1.29, 1.82) is 0 Å². The lowest BCUT2D eigenvalue weighted by molar-refractivity contribution is -0.317. The molecule has 0 aromatic heterocycles. The van der Waals surface area contributed by atoms with Crippen molar-refractivity contribution in [1.82, 2.24) is 5.32 Å². The van der Waals surface area contributed by atoms with Crippen molar-refractivity contribution in [3.05, 3.63) is 51.0 Å². The van der Waals surface area contributed by atoms with Crippen LogP contribution >= 0.6 is 27.5 Å². The first-order valence-corrected chi connectivity index (χ1v) is 8.78. The summed E-state index contributed by atoms with van der Waals surface area (Å²) in [7, 11) is 0. The standard InChI is InChI=1S/C17H13BrClF3N2O3/c1-8-5-10(18)6-9(2)14(8)23-15(25)24-17(16(20,21)22)26-12-4-3-11(19)7-13(12)27-17/h3-7H,1-2H3,(H2,23,24,25)/t17-/m0/s1. The molecule has 2 N–H and O–H groups in total. The quantitative estimate of drug-likeness (QED) is 0.613. The van der Waals surface area contributed by atoms with Crippen molar-refractivity contribution in [2.75, 3.05) is 5.32 Å². The van der Waals surface area contributed by atoms with E-state index < -0.39 is 18.1 Å². The highest BCUT2D eigenvalue weighted by atomic mass is 79.9. The number of anilines is 1. The van der Waals surface area contributed by atoms with Gasteiger partial charge >= 0.3 is 18.1 Å². The number of carbonyl (C=O) groups is 1. The van der Waals surface area contributed by atoms with E-state index in [1.807, 2.05) is 0 Å². The molecule has 0 unspecified atom stereocenters. The first-order valence-electron chi connectivity index (χ1n) is 7.61. The summed E-state index contributed by atoms with van der Waals surface area (Å²) in [6, 6.07) is 6.07. The molecule has 5 nitrogen and oxygen atoms in total. The van der Waals surface area contributed by atoms with Crippen molar-refractivity contribution in [3.63, 3.8) is 0 Å². The van der Waals surface area contributed by atoms with E-state index in [2.05, 4.69) is 21.2 Å². The molecule has 0 bridgehead atoms. The van der Waals surface area contributed by atoms with Gasteiger partial charge in [0.2, 0.25) is 0 Å². The lowest BCUT2D eigenvalue weighted by Gasteiger charge is -2.29. The Balaban J connectivity index is 1.86. The zero-order valence-corrected chi connectivity index (χ0v) is 16.3. The third-order valence-electron chi connectivity index (χ3n) is 3.80. The van der Waals surface area contributed by atoms with Crippen LogP contribution in [0.1, 0.15) is 11.1 Å². The van der Waals surface area contributed by atoms with E-state index in [0.717, 1.165) is 4.47 Å². The highest BCUT2D eigenvalue weighted by molar-refractivity contribution is 9.10. The minimum atomic E-state index is -5.06. The van der Waals surface area contributed by atoms with Crippen molar-refractivity contribution < 1.29 is 27.4 Å². The first-order chi connectivity index (χ1) is 12.5. The van der Waals surface area contributed by atoms with Gasteiger partial charge in [-0.05, 0) is 49.2 Å². The minimum absolute atomic E-state index is 0.167. The number of aryl methyl sites for hydroxylation is 2. The van der Waals surface area contributed by atoms with Crippen molar-refractivity contribution in [2.24, 2.45) is 0 Å². The van der Waals surface area contributed by atoms with Gasteiger partial charge in [0.15, 0.2) is 11.5 Å². The Bertz CT molecular complexity index is 900. The Morgan fingerprint density at radius 2 is 1.70 bits per heavy atom. The van der Waals surface area contributed by atoms with Crippen LogP contribution in [0.4, 0.5) is 23.7 Å². The lowest BCUT2D eigenvalue weighted by Crippen LogP contribution is -2.65. The van der Waals surface area contributed by atoms with Gasteiger partial charge in [-0.3, -0.25) is 5.32 Å². The molecule has 0 fully saturated rings. The number of rotatable bonds is 2. The fraction of sp³-hybridized carbons (Fsp3) is 0.235. The molecule has 0 aliphatic carbocycles. The number of urea groups is 1. The molecule has 0 saturated heterocycles. The van der Waals surface area contributed by atoms with Crippen LogP contribution in [-0.2, 0) is 0 Å². The van der Waals surface area contributed by atoms with Crippen LogP contribution in [0.3, 0.4) is 0 Å². The molecule has 1 aliphatic heterocycles. The number of benzene rings is 2. The van der Waals surface area contributed by atoms with Gasteiger partial charge < -0.3 is 14.8 Å². The SMILES string of the molecule is Cc1cc(Br)cc(C)c1NC(=O)N[C@@]1(C(F)(F)F)Oc2ccc(Cl)cc2O1. The lowest BCUT2D eigenvalue weighted by atomic mass is 10.1. The fourth-order valence-electron chi connectivity index (χ4n) is 2.62. The van der Waals surface area contributed by atoms with Crippen LogP contribution in [0.5, 0.6) is 11.5 Å². The van der Waals surface area contributed by atoms with Gasteiger partial charge in [0, 0.05) is 21.2 Å². The van der Waals surface area contributed by atoms with E-state index >= 15 is 0 Å².